The number of rotatable bonds is 11. The van der Waals surface area contributed by atoms with Crippen LogP contribution < -0.4 is 0 Å². The molecule has 0 N–H and O–H groups in total. The van der Waals surface area contributed by atoms with Crippen LogP contribution in [0.15, 0.2) is 60.7 Å². The molecule has 5 heteroatoms. The van der Waals surface area contributed by atoms with Gasteiger partial charge in [0.1, 0.15) is 0 Å². The highest BCUT2D eigenvalue weighted by Gasteiger charge is 2.35. The van der Waals surface area contributed by atoms with Crippen molar-refractivity contribution in [2.45, 2.75) is 64.6 Å². The Morgan fingerprint density at radius 1 is 0.950 bits per heavy atom. The van der Waals surface area contributed by atoms with Gasteiger partial charge in [-0.2, -0.15) is 0 Å². The highest BCUT2D eigenvalue weighted by Crippen LogP contribution is 2.24. The molecule has 0 aromatic heterocycles. The summed E-state index contributed by atoms with van der Waals surface area (Å²) in [5.41, 5.74) is 5.24. The van der Waals surface area contributed by atoms with E-state index in [1.165, 1.54) is 27.5 Å². The van der Waals surface area contributed by atoms with E-state index in [9.17, 15) is 4.79 Å². The van der Waals surface area contributed by atoms with E-state index in [1.807, 2.05) is 0 Å². The van der Waals surface area contributed by atoms with Gasteiger partial charge in [-0.25, -0.2) is 0 Å². The third-order valence-electron chi connectivity index (χ3n) is 8.72. The molecule has 0 bridgehead atoms. The van der Waals surface area contributed by atoms with Gasteiger partial charge in [0.15, 0.2) is 0 Å². The molecule has 0 spiro atoms. The summed E-state index contributed by atoms with van der Waals surface area (Å²) in [4.78, 5) is 23.2. The van der Waals surface area contributed by atoms with Crippen LogP contribution >= 0.6 is 0 Å². The molecular weight excluding hydrogens is 492 g/mol. The van der Waals surface area contributed by atoms with E-state index in [1.54, 1.807) is 0 Å². The maximum Gasteiger partial charge on any atom is 0.227 e. The Kier molecular flexibility index (Phi) is 10.4. The molecule has 3 aromatic rings. The fourth-order valence-electron chi connectivity index (χ4n) is 6.23. The Labute approximate surface area is 242 Å². The van der Waals surface area contributed by atoms with E-state index in [-0.39, 0.29) is 11.9 Å². The molecule has 3 aromatic carbocycles. The summed E-state index contributed by atoms with van der Waals surface area (Å²) in [5, 5.41) is 2.42. The third kappa shape index (κ3) is 7.93. The molecule has 5 nitrogen and oxygen atoms in total. The zero-order chi connectivity index (χ0) is 28.8. The first kappa shape index (κ1) is 30.2. The number of piperazine rings is 1. The van der Waals surface area contributed by atoms with Gasteiger partial charge in [0.25, 0.3) is 0 Å². The number of nitrogens with zero attached hydrogens (tertiary/aromatic N) is 4. The summed E-state index contributed by atoms with van der Waals surface area (Å²) in [6, 6.07) is 22.7. The molecule has 1 unspecified atom stereocenters. The predicted molar refractivity (Wildman–Crippen MR) is 169 cm³/mol. The first-order valence-corrected chi connectivity index (χ1v) is 15.0. The van der Waals surface area contributed by atoms with Crippen molar-refractivity contribution in [2.75, 3.05) is 54.4 Å². The van der Waals surface area contributed by atoms with Crippen molar-refractivity contribution in [1.82, 2.24) is 19.6 Å². The minimum Gasteiger partial charge on any atom is -0.337 e. The largest absolute Gasteiger partial charge is 0.337 e. The molecule has 3 atom stereocenters. The Bertz CT molecular complexity index is 1270. The molecule has 1 heterocycles. The second-order valence-electron chi connectivity index (χ2n) is 12.6. The molecule has 1 fully saturated rings. The maximum absolute atomic E-state index is 13.7. The standard InChI is InChI=1S/C35H50N4O/c1-26-14-16-31(27(2)19-26)22-34(37(6)7)24-38-23-28(3)39(25-33(38)13-10-18-36(4)5)35(40)21-29-15-17-30-11-8-9-12-32(30)20-29/h8-9,11-12,14-17,19-20,28,33-34H,10,13,18,21-25H2,1-7H3/t28-,33+,34?/m1/s1. The Morgan fingerprint density at radius 2 is 1.70 bits per heavy atom. The van der Waals surface area contributed by atoms with Crippen LogP contribution in [0.5, 0.6) is 0 Å². The van der Waals surface area contributed by atoms with E-state index in [4.69, 9.17) is 0 Å². The fourth-order valence-corrected chi connectivity index (χ4v) is 6.23. The van der Waals surface area contributed by atoms with Gasteiger partial charge in [0.2, 0.25) is 5.91 Å². The van der Waals surface area contributed by atoms with Crippen LogP contribution in [0.3, 0.4) is 0 Å². The number of carbonyl (C=O) groups is 1. The number of hydrogen-bond donors (Lipinski definition) is 0. The average Bonchev–Trinajstić information content (AvgIpc) is 2.90. The van der Waals surface area contributed by atoms with Crippen LogP contribution in [0.2, 0.25) is 0 Å². The van der Waals surface area contributed by atoms with Crippen LogP contribution in [0.4, 0.5) is 0 Å². The van der Waals surface area contributed by atoms with E-state index in [0.717, 1.165) is 51.0 Å². The van der Waals surface area contributed by atoms with Crippen LogP contribution in [-0.2, 0) is 17.6 Å². The van der Waals surface area contributed by atoms with Crippen molar-refractivity contribution in [2.24, 2.45) is 0 Å². The van der Waals surface area contributed by atoms with Crippen LogP contribution in [0.1, 0.15) is 42.0 Å². The van der Waals surface area contributed by atoms with Gasteiger partial charge in [-0.3, -0.25) is 9.69 Å². The number of aryl methyl sites for hydroxylation is 2. The van der Waals surface area contributed by atoms with Gasteiger partial charge in [0, 0.05) is 37.8 Å². The lowest BCUT2D eigenvalue weighted by atomic mass is 9.96. The molecule has 0 aliphatic carbocycles. The Hall–Kier alpha value is -2.73. The van der Waals surface area contributed by atoms with Crippen LogP contribution in [0, 0.1) is 13.8 Å². The number of carbonyl (C=O) groups excluding carboxylic acids is 1. The van der Waals surface area contributed by atoms with Gasteiger partial charge < -0.3 is 14.7 Å². The predicted octanol–water partition coefficient (Wildman–Crippen LogP) is 5.42. The minimum atomic E-state index is 0.196. The molecule has 40 heavy (non-hydrogen) atoms. The maximum atomic E-state index is 13.7. The summed E-state index contributed by atoms with van der Waals surface area (Å²) in [5.74, 6) is 0.250. The van der Waals surface area contributed by atoms with Crippen molar-refractivity contribution in [1.29, 1.82) is 0 Å². The van der Waals surface area contributed by atoms with Gasteiger partial charge in [-0.15, -0.1) is 0 Å². The van der Waals surface area contributed by atoms with Crippen LogP contribution in [0.25, 0.3) is 10.8 Å². The van der Waals surface area contributed by atoms with Gasteiger partial charge in [-0.1, -0.05) is 66.2 Å². The lowest BCUT2D eigenvalue weighted by Crippen LogP contribution is -2.61. The third-order valence-corrected chi connectivity index (χ3v) is 8.72. The second kappa shape index (κ2) is 13.8. The molecule has 0 saturated carbocycles. The van der Waals surface area contributed by atoms with Gasteiger partial charge >= 0.3 is 0 Å². The monoisotopic (exact) mass is 542 g/mol. The highest BCUT2D eigenvalue weighted by molar-refractivity contribution is 5.85. The molecule has 1 saturated heterocycles. The van der Waals surface area contributed by atoms with Crippen molar-refractivity contribution >= 4 is 16.7 Å². The summed E-state index contributed by atoms with van der Waals surface area (Å²) < 4.78 is 0. The summed E-state index contributed by atoms with van der Waals surface area (Å²) in [7, 11) is 8.71. The zero-order valence-corrected chi connectivity index (χ0v) is 25.9. The fraction of sp³-hybridized carbons (Fsp3) is 0.514. The van der Waals surface area contributed by atoms with Gasteiger partial charge in [-0.05, 0) is 102 Å². The minimum absolute atomic E-state index is 0.196. The SMILES string of the molecule is Cc1ccc(CC(CN2C[C@@H](C)N(C(=O)Cc3ccc4ccccc4c3)C[C@@H]2CCCN(C)C)N(C)C)c(C)c1. The van der Waals surface area contributed by atoms with E-state index < -0.39 is 0 Å². The topological polar surface area (TPSA) is 30.0 Å². The molecule has 1 aliphatic heterocycles. The number of benzene rings is 3. The van der Waals surface area contributed by atoms with Crippen molar-refractivity contribution < 1.29 is 4.79 Å². The molecule has 0 radical (unpaired) electrons. The number of hydrogen-bond acceptors (Lipinski definition) is 4. The Balaban J connectivity index is 1.48. The first-order valence-electron chi connectivity index (χ1n) is 15.0. The highest BCUT2D eigenvalue weighted by atomic mass is 16.2. The number of fused-ring (bicyclic) bond motifs is 1. The summed E-state index contributed by atoms with van der Waals surface area (Å²) in [6.07, 6.45) is 3.75. The van der Waals surface area contributed by atoms with Gasteiger partial charge in [0.05, 0.1) is 6.42 Å². The van der Waals surface area contributed by atoms with E-state index in [2.05, 4.69) is 129 Å². The average molecular weight is 543 g/mol. The van der Waals surface area contributed by atoms with Crippen molar-refractivity contribution in [3.63, 3.8) is 0 Å². The van der Waals surface area contributed by atoms with E-state index >= 15 is 0 Å². The molecular formula is C35H50N4O. The normalized spacial score (nSPS) is 19.1. The smallest absolute Gasteiger partial charge is 0.227 e. The van der Waals surface area contributed by atoms with E-state index in [0.29, 0.717) is 18.5 Å². The number of likely N-dealkylation sites (N-methyl/N-ethyl adjacent to an activating group) is 1. The summed E-state index contributed by atoms with van der Waals surface area (Å²) >= 11 is 0. The molecule has 1 aliphatic rings. The summed E-state index contributed by atoms with van der Waals surface area (Å²) in [6.45, 7) is 10.5. The Morgan fingerprint density at radius 3 is 2.40 bits per heavy atom. The first-order chi connectivity index (χ1) is 19.1. The van der Waals surface area contributed by atoms with Crippen LogP contribution in [-0.4, -0.2) is 98.0 Å². The molecule has 4 rings (SSSR count). The molecule has 216 valence electrons. The number of amides is 1. The molecule has 1 amide bonds. The zero-order valence-electron chi connectivity index (χ0n) is 25.9. The lowest BCUT2D eigenvalue weighted by Gasteiger charge is -2.47. The quantitative estimate of drug-likeness (QED) is 0.324. The van der Waals surface area contributed by atoms with Crippen molar-refractivity contribution in [3.05, 3.63) is 82.9 Å². The van der Waals surface area contributed by atoms with Crippen molar-refractivity contribution in [3.8, 4) is 0 Å². The lowest BCUT2D eigenvalue weighted by molar-refractivity contribution is -0.137. The second-order valence-corrected chi connectivity index (χ2v) is 12.6.